The van der Waals surface area contributed by atoms with E-state index < -0.39 is 17.8 Å². The number of nitrogens with one attached hydrogen (secondary N) is 3. The molecule has 0 bridgehead atoms. The van der Waals surface area contributed by atoms with Gasteiger partial charge in [0.05, 0.1) is 17.8 Å². The van der Waals surface area contributed by atoms with Crippen LogP contribution in [0, 0.1) is 0 Å². The number of nitrogens with two attached hydrogens (primary N) is 2. The Kier molecular flexibility index (Phi) is 10.5. The van der Waals surface area contributed by atoms with Gasteiger partial charge in [0.2, 0.25) is 5.84 Å². The average Bonchev–Trinajstić information content (AvgIpc) is 3.63. The Labute approximate surface area is 253 Å². The Morgan fingerprint density at radius 2 is 1.42 bits per heavy atom. The number of halogens is 1. The van der Waals surface area contributed by atoms with Gasteiger partial charge in [-0.05, 0) is 17.7 Å². The molecule has 226 valence electrons. The fourth-order valence-corrected chi connectivity index (χ4v) is 4.10. The molecule has 4 aromatic rings. The van der Waals surface area contributed by atoms with Crippen LogP contribution in [-0.2, 0) is 32.5 Å². The maximum absolute atomic E-state index is 13.0. The van der Waals surface area contributed by atoms with Crippen LogP contribution in [0.15, 0.2) is 60.9 Å². The highest BCUT2D eigenvalue weighted by Crippen LogP contribution is 2.18. The number of carbonyl (C=O) groups is 4. The summed E-state index contributed by atoms with van der Waals surface area (Å²) in [4.78, 5) is 50.8. The molecule has 4 rings (SSSR count). The Bertz CT molecular complexity index is 1660. The molecule has 0 saturated carbocycles. The number of benzene rings is 1. The van der Waals surface area contributed by atoms with Gasteiger partial charge in [-0.2, -0.15) is 5.10 Å². The summed E-state index contributed by atoms with van der Waals surface area (Å²) in [7, 11) is 4.86. The number of carbonyl (C=O) groups excluding carboxylic acids is 4. The van der Waals surface area contributed by atoms with Gasteiger partial charge < -0.3 is 42.2 Å². The number of amidine groups is 1. The van der Waals surface area contributed by atoms with Crippen LogP contribution < -0.4 is 39.5 Å². The normalized spacial score (nSPS) is 10.4. The molecule has 3 aromatic heterocycles. The predicted octanol–water partition coefficient (Wildman–Crippen LogP) is -2.80. The first-order valence-corrected chi connectivity index (χ1v) is 12.9. The number of anilines is 2. The summed E-state index contributed by atoms with van der Waals surface area (Å²) >= 11 is 0. The molecule has 0 radical (unpaired) electrons. The number of rotatable bonds is 11. The summed E-state index contributed by atoms with van der Waals surface area (Å²) < 4.78 is 9.70. The minimum atomic E-state index is -0.660. The number of esters is 1. The zero-order valence-electron chi connectivity index (χ0n) is 23.8. The minimum Gasteiger partial charge on any atom is -1.00 e. The molecular formula is C28H32ClN9O5. The second-order valence-electron chi connectivity index (χ2n) is 9.54. The Morgan fingerprint density at radius 1 is 0.860 bits per heavy atom. The molecule has 0 atom stereocenters. The van der Waals surface area contributed by atoms with E-state index >= 15 is 0 Å². The van der Waals surface area contributed by atoms with E-state index in [2.05, 4.69) is 21.0 Å². The third kappa shape index (κ3) is 8.10. The first kappa shape index (κ1) is 32.1. The molecule has 14 nitrogen and oxygen atoms in total. The second kappa shape index (κ2) is 14.0. The van der Waals surface area contributed by atoms with Gasteiger partial charge >= 0.3 is 5.97 Å². The summed E-state index contributed by atoms with van der Waals surface area (Å²) in [5.74, 6) is -1.77. The first-order valence-electron chi connectivity index (χ1n) is 12.9. The van der Waals surface area contributed by atoms with Crippen molar-refractivity contribution in [1.82, 2.24) is 24.2 Å². The summed E-state index contributed by atoms with van der Waals surface area (Å²) in [5.41, 5.74) is 7.71. The highest BCUT2D eigenvalue weighted by molar-refractivity contribution is 6.07. The lowest BCUT2D eigenvalue weighted by atomic mass is 10.2. The van der Waals surface area contributed by atoms with E-state index in [0.717, 1.165) is 5.56 Å². The van der Waals surface area contributed by atoms with E-state index in [-0.39, 0.29) is 54.4 Å². The van der Waals surface area contributed by atoms with E-state index in [9.17, 15) is 19.2 Å². The molecule has 0 spiro atoms. The van der Waals surface area contributed by atoms with Crippen molar-refractivity contribution in [2.75, 3.05) is 17.2 Å². The molecule has 3 heterocycles. The van der Waals surface area contributed by atoms with Crippen LogP contribution in [0.1, 0.15) is 53.9 Å². The fourth-order valence-electron chi connectivity index (χ4n) is 4.10. The van der Waals surface area contributed by atoms with E-state index in [1.807, 2.05) is 30.3 Å². The highest BCUT2D eigenvalue weighted by atomic mass is 35.5. The van der Waals surface area contributed by atoms with Crippen LogP contribution in [0.25, 0.3) is 0 Å². The van der Waals surface area contributed by atoms with Crippen molar-refractivity contribution < 1.29 is 41.7 Å². The van der Waals surface area contributed by atoms with E-state index in [1.165, 1.54) is 23.9 Å². The lowest BCUT2D eigenvalue weighted by Crippen LogP contribution is -3.00. The lowest BCUT2D eigenvalue weighted by Gasteiger charge is -2.03. The van der Waals surface area contributed by atoms with Gasteiger partial charge in [-0.3, -0.25) is 30.2 Å². The molecule has 7 N–H and O–H groups in total. The Morgan fingerprint density at radius 3 is 2.00 bits per heavy atom. The third-order valence-corrected chi connectivity index (χ3v) is 6.22. The molecular weight excluding hydrogens is 578 g/mol. The number of hydrogen-bond acceptors (Lipinski definition) is 6. The monoisotopic (exact) mass is 609 g/mol. The number of aryl methyl sites for hydroxylation is 3. The molecule has 0 fully saturated rings. The molecule has 15 heteroatoms. The lowest BCUT2D eigenvalue weighted by molar-refractivity contribution is -0.117. The number of nitrogens with zero attached hydrogens (tertiary/aromatic N) is 4. The van der Waals surface area contributed by atoms with Crippen molar-refractivity contribution in [2.45, 2.75) is 13.0 Å². The fraction of sp³-hybridized carbons (Fsp3) is 0.214. The molecule has 0 unspecified atom stereocenters. The van der Waals surface area contributed by atoms with Gasteiger partial charge in [-0.25, -0.2) is 4.79 Å². The maximum Gasteiger partial charge on any atom is 0.359 e. The van der Waals surface area contributed by atoms with Crippen LogP contribution in [0.4, 0.5) is 11.4 Å². The zero-order chi connectivity index (χ0) is 30.4. The summed E-state index contributed by atoms with van der Waals surface area (Å²) in [5, 5.41) is 17.7. The Balaban J connectivity index is 0.00000506. The van der Waals surface area contributed by atoms with E-state index in [1.54, 1.807) is 41.7 Å². The largest absolute Gasteiger partial charge is 1.00 e. The van der Waals surface area contributed by atoms with E-state index in [4.69, 9.17) is 15.9 Å². The van der Waals surface area contributed by atoms with Gasteiger partial charge in [-0.15, -0.1) is 0 Å². The zero-order valence-corrected chi connectivity index (χ0v) is 24.5. The third-order valence-electron chi connectivity index (χ3n) is 6.22. The van der Waals surface area contributed by atoms with Gasteiger partial charge in [-0.1, -0.05) is 30.3 Å². The standard InChI is InChI=1S/C28H31N9O5.ClH/c1-35-14-18(11-21(35)25(38)31-10-9-24(29)30)32-26(39)22-12-19(15-36(22)2)33-27(40)23-13-20(34-37(23)3)28(41)42-16-17-7-5-4-6-8-17;/h4-8,11-15H,9-10,16H2,1-3H3,(H3,29,30)(H,31,38)(H,32,39)(H,33,40);1H. The summed E-state index contributed by atoms with van der Waals surface area (Å²) in [6.45, 7) is 0.359. The first-order chi connectivity index (χ1) is 20.0. The number of amides is 3. The number of aromatic nitrogens is 4. The molecule has 0 saturated heterocycles. The topological polar surface area (TPSA) is 193 Å². The van der Waals surface area contributed by atoms with Crippen molar-refractivity contribution >= 4 is 40.9 Å². The molecule has 43 heavy (non-hydrogen) atoms. The Hall–Kier alpha value is -5.37. The molecule has 0 aliphatic heterocycles. The smallest absolute Gasteiger partial charge is 0.359 e. The van der Waals surface area contributed by atoms with Gasteiger partial charge in [0.15, 0.2) is 5.69 Å². The van der Waals surface area contributed by atoms with Crippen LogP contribution in [0.3, 0.4) is 0 Å². The summed E-state index contributed by atoms with van der Waals surface area (Å²) in [6.07, 6.45) is 3.52. The SMILES string of the molecule is Cn1cc(NC(=O)c2cc(NC(=O)c3cc(C(=O)OCc4ccccc4)nn3C)cn2C)cc1C(=O)NCCC(N)=[NH2+].[Cl-]. The van der Waals surface area contributed by atoms with Gasteiger partial charge in [0.1, 0.15) is 23.7 Å². The van der Waals surface area contributed by atoms with Crippen LogP contribution in [0.2, 0.25) is 0 Å². The minimum absolute atomic E-state index is 0. The van der Waals surface area contributed by atoms with Crippen molar-refractivity contribution in [3.63, 3.8) is 0 Å². The van der Waals surface area contributed by atoms with Crippen molar-refractivity contribution in [3.8, 4) is 0 Å². The van der Waals surface area contributed by atoms with Gasteiger partial charge in [0.25, 0.3) is 17.7 Å². The summed E-state index contributed by atoms with van der Waals surface area (Å²) in [6, 6.07) is 13.6. The highest BCUT2D eigenvalue weighted by Gasteiger charge is 2.21. The molecule has 3 amide bonds. The maximum atomic E-state index is 13.0. The van der Waals surface area contributed by atoms with Crippen molar-refractivity contribution in [3.05, 3.63) is 89.3 Å². The van der Waals surface area contributed by atoms with E-state index in [0.29, 0.717) is 23.5 Å². The predicted molar refractivity (Wildman–Crippen MR) is 154 cm³/mol. The van der Waals surface area contributed by atoms with Gasteiger partial charge in [0, 0.05) is 46.1 Å². The molecule has 1 aromatic carbocycles. The number of hydrogen-bond donors (Lipinski definition) is 5. The van der Waals surface area contributed by atoms with Crippen LogP contribution in [-0.4, -0.2) is 55.0 Å². The number of ether oxygens (including phenoxy) is 1. The van der Waals surface area contributed by atoms with Crippen LogP contribution >= 0.6 is 0 Å². The molecule has 0 aliphatic carbocycles. The second-order valence-corrected chi connectivity index (χ2v) is 9.54. The average molecular weight is 610 g/mol. The molecule has 0 aliphatic rings. The van der Waals surface area contributed by atoms with Crippen LogP contribution in [0.5, 0.6) is 0 Å². The van der Waals surface area contributed by atoms with Crippen molar-refractivity contribution in [2.24, 2.45) is 26.9 Å². The quantitative estimate of drug-likeness (QED) is 0.0688. The van der Waals surface area contributed by atoms with Crippen molar-refractivity contribution in [1.29, 1.82) is 0 Å².